The van der Waals surface area contributed by atoms with E-state index in [1.165, 1.54) is 0 Å². The second kappa shape index (κ2) is 4.61. The Kier molecular flexibility index (Phi) is 3.65. The normalized spacial score (nSPS) is 11.5. The van der Waals surface area contributed by atoms with Gasteiger partial charge in [-0.2, -0.15) is 0 Å². The van der Waals surface area contributed by atoms with Crippen LogP contribution in [0.2, 0.25) is 0 Å². The van der Waals surface area contributed by atoms with Gasteiger partial charge in [0.05, 0.1) is 45.6 Å². The Morgan fingerprint density at radius 1 is 1.31 bits per heavy atom. The first-order chi connectivity index (χ1) is 7.29. The van der Waals surface area contributed by atoms with Crippen LogP contribution in [0, 0.1) is 0 Å². The molecule has 1 rings (SSSR count). The van der Waals surface area contributed by atoms with Crippen molar-refractivity contribution in [1.82, 2.24) is 0 Å². The number of benzene rings is 1. The minimum atomic E-state index is 0.251. The molecule has 0 aliphatic rings. The molecule has 1 aromatic carbocycles. The minimum absolute atomic E-state index is 0.251. The summed E-state index contributed by atoms with van der Waals surface area (Å²) < 4.78 is 0.906. The molecule has 0 heterocycles. The summed E-state index contributed by atoms with van der Waals surface area (Å²) in [5.41, 5.74) is 7.45. The quantitative estimate of drug-likeness (QED) is 0.458. The molecule has 0 spiro atoms. The van der Waals surface area contributed by atoms with E-state index in [0.717, 1.165) is 23.3 Å². The lowest BCUT2D eigenvalue weighted by Gasteiger charge is -2.28. The number of hydrogen-bond donors (Lipinski definition) is 2. The van der Waals surface area contributed by atoms with Crippen LogP contribution in [-0.4, -0.2) is 50.9 Å². The number of anilines is 2. The fraction of sp³-hybridized carbons (Fsp3) is 0.500. The van der Waals surface area contributed by atoms with Gasteiger partial charge >= 0.3 is 0 Å². The average molecular weight is 224 g/mol. The Hall–Kier alpha value is -1.42. The highest BCUT2D eigenvalue weighted by atomic mass is 16.3. The molecule has 1 aromatic rings. The second-order valence-electron chi connectivity index (χ2n) is 5.18. The molecule has 0 radical (unpaired) electrons. The Bertz CT molecular complexity index is 358. The average Bonchev–Trinajstić information content (AvgIpc) is 2.17. The van der Waals surface area contributed by atoms with Crippen molar-refractivity contribution in [3.63, 3.8) is 0 Å². The SMILES string of the molecule is CN(CC[N+](C)(C)C)c1cc(O)ccc1N. The number of hydrogen-bond acceptors (Lipinski definition) is 3. The highest BCUT2D eigenvalue weighted by Crippen LogP contribution is 2.26. The van der Waals surface area contributed by atoms with Crippen molar-refractivity contribution < 1.29 is 9.59 Å². The van der Waals surface area contributed by atoms with Gasteiger partial charge in [0.25, 0.3) is 0 Å². The lowest BCUT2D eigenvalue weighted by Crippen LogP contribution is -2.41. The summed E-state index contributed by atoms with van der Waals surface area (Å²) in [4.78, 5) is 2.07. The van der Waals surface area contributed by atoms with Gasteiger partial charge in [-0.15, -0.1) is 0 Å². The van der Waals surface area contributed by atoms with Gasteiger partial charge in [0, 0.05) is 13.1 Å². The van der Waals surface area contributed by atoms with Crippen molar-refractivity contribution in [1.29, 1.82) is 0 Å². The summed E-state index contributed by atoms with van der Waals surface area (Å²) in [6.45, 7) is 1.92. The first kappa shape index (κ1) is 12.6. The van der Waals surface area contributed by atoms with Gasteiger partial charge in [-0.05, 0) is 12.1 Å². The topological polar surface area (TPSA) is 49.5 Å². The second-order valence-corrected chi connectivity index (χ2v) is 5.18. The number of aromatic hydroxyl groups is 1. The minimum Gasteiger partial charge on any atom is -0.508 e. The van der Waals surface area contributed by atoms with Crippen LogP contribution in [0.15, 0.2) is 18.2 Å². The van der Waals surface area contributed by atoms with Gasteiger partial charge < -0.3 is 20.2 Å². The number of likely N-dealkylation sites (N-methyl/N-ethyl adjacent to an activating group) is 2. The van der Waals surface area contributed by atoms with E-state index in [2.05, 4.69) is 26.0 Å². The van der Waals surface area contributed by atoms with Crippen LogP contribution in [-0.2, 0) is 0 Å². The standard InChI is InChI=1S/C12H21N3O/c1-14(7-8-15(2,3)4)12-9-10(16)5-6-11(12)13/h5-6,9H,7-8,13H2,1-4H3/p+1. The van der Waals surface area contributed by atoms with Crippen LogP contribution in [0.25, 0.3) is 0 Å². The fourth-order valence-corrected chi connectivity index (χ4v) is 1.43. The van der Waals surface area contributed by atoms with Crippen molar-refractivity contribution in [2.24, 2.45) is 0 Å². The van der Waals surface area contributed by atoms with E-state index in [1.807, 2.05) is 7.05 Å². The number of nitrogen functional groups attached to an aromatic ring is 1. The van der Waals surface area contributed by atoms with Crippen LogP contribution in [0.4, 0.5) is 11.4 Å². The Morgan fingerprint density at radius 2 is 1.94 bits per heavy atom. The Balaban J connectivity index is 2.73. The number of phenols is 1. The number of rotatable bonds is 4. The molecular weight excluding hydrogens is 202 g/mol. The maximum atomic E-state index is 9.43. The van der Waals surface area contributed by atoms with E-state index in [-0.39, 0.29) is 5.75 Å². The zero-order valence-electron chi connectivity index (χ0n) is 10.6. The summed E-state index contributed by atoms with van der Waals surface area (Å²) in [5, 5.41) is 9.43. The summed E-state index contributed by atoms with van der Waals surface area (Å²) in [5.74, 6) is 0.251. The molecule has 3 N–H and O–H groups in total. The molecule has 4 nitrogen and oxygen atoms in total. The molecule has 0 bridgehead atoms. The van der Waals surface area contributed by atoms with Crippen LogP contribution in [0.5, 0.6) is 5.75 Å². The molecule has 0 atom stereocenters. The Labute approximate surface area is 97.5 Å². The summed E-state index contributed by atoms with van der Waals surface area (Å²) in [7, 11) is 8.44. The number of quaternary nitrogens is 1. The van der Waals surface area contributed by atoms with Crippen molar-refractivity contribution in [3.05, 3.63) is 18.2 Å². The number of phenolic OH excluding ortho intramolecular Hbond substituents is 1. The third-order valence-corrected chi connectivity index (χ3v) is 2.53. The molecular formula is C12H22N3O+. The Morgan fingerprint density at radius 3 is 2.50 bits per heavy atom. The third kappa shape index (κ3) is 3.62. The van der Waals surface area contributed by atoms with Crippen molar-refractivity contribution in [2.45, 2.75) is 0 Å². The van der Waals surface area contributed by atoms with Gasteiger partial charge in [-0.1, -0.05) is 0 Å². The van der Waals surface area contributed by atoms with Crippen LogP contribution >= 0.6 is 0 Å². The van der Waals surface area contributed by atoms with E-state index in [9.17, 15) is 5.11 Å². The van der Waals surface area contributed by atoms with E-state index in [0.29, 0.717) is 5.69 Å². The summed E-state index contributed by atoms with van der Waals surface area (Å²) >= 11 is 0. The zero-order chi connectivity index (χ0) is 12.3. The first-order valence-electron chi connectivity index (χ1n) is 5.40. The molecule has 0 aliphatic heterocycles. The lowest BCUT2D eigenvalue weighted by atomic mass is 10.2. The van der Waals surface area contributed by atoms with Crippen LogP contribution in [0.1, 0.15) is 0 Å². The molecule has 90 valence electrons. The molecule has 0 amide bonds. The highest BCUT2D eigenvalue weighted by molar-refractivity contribution is 5.69. The molecule has 0 saturated heterocycles. The van der Waals surface area contributed by atoms with Crippen molar-refractivity contribution in [2.75, 3.05) is 51.9 Å². The molecule has 0 unspecified atom stereocenters. The third-order valence-electron chi connectivity index (χ3n) is 2.53. The monoisotopic (exact) mass is 224 g/mol. The predicted octanol–water partition coefficient (Wildman–Crippen LogP) is 1.12. The fourth-order valence-electron chi connectivity index (χ4n) is 1.43. The lowest BCUT2D eigenvalue weighted by molar-refractivity contribution is -0.868. The first-order valence-corrected chi connectivity index (χ1v) is 5.40. The van der Waals surface area contributed by atoms with Gasteiger partial charge in [0.2, 0.25) is 0 Å². The molecule has 16 heavy (non-hydrogen) atoms. The maximum absolute atomic E-state index is 9.43. The van der Waals surface area contributed by atoms with Gasteiger partial charge in [0.15, 0.2) is 0 Å². The smallest absolute Gasteiger partial charge is 0.117 e. The van der Waals surface area contributed by atoms with E-state index in [1.54, 1.807) is 18.2 Å². The van der Waals surface area contributed by atoms with E-state index in [4.69, 9.17) is 5.73 Å². The number of nitrogens with two attached hydrogens (primary N) is 1. The van der Waals surface area contributed by atoms with E-state index < -0.39 is 0 Å². The van der Waals surface area contributed by atoms with Gasteiger partial charge in [-0.25, -0.2) is 0 Å². The predicted molar refractivity (Wildman–Crippen MR) is 68.7 cm³/mol. The van der Waals surface area contributed by atoms with Crippen molar-refractivity contribution in [3.8, 4) is 5.75 Å². The van der Waals surface area contributed by atoms with Crippen molar-refractivity contribution >= 4 is 11.4 Å². The highest BCUT2D eigenvalue weighted by Gasteiger charge is 2.11. The summed E-state index contributed by atoms with van der Waals surface area (Å²) in [6, 6.07) is 5.03. The van der Waals surface area contributed by atoms with E-state index >= 15 is 0 Å². The molecule has 0 aromatic heterocycles. The van der Waals surface area contributed by atoms with Gasteiger partial charge in [0.1, 0.15) is 5.75 Å². The van der Waals surface area contributed by atoms with Crippen LogP contribution < -0.4 is 10.6 Å². The number of nitrogens with zero attached hydrogens (tertiary/aromatic N) is 2. The molecule has 0 aliphatic carbocycles. The molecule has 0 fully saturated rings. The van der Waals surface area contributed by atoms with Crippen LogP contribution in [0.3, 0.4) is 0 Å². The van der Waals surface area contributed by atoms with Gasteiger partial charge in [-0.3, -0.25) is 0 Å². The zero-order valence-corrected chi connectivity index (χ0v) is 10.6. The maximum Gasteiger partial charge on any atom is 0.117 e. The molecule has 4 heteroatoms. The molecule has 0 saturated carbocycles. The summed E-state index contributed by atoms with van der Waals surface area (Å²) in [6.07, 6.45) is 0. The largest absolute Gasteiger partial charge is 0.508 e.